The van der Waals surface area contributed by atoms with Crippen LogP contribution < -0.4 is 0 Å². The zero-order valence-electron chi connectivity index (χ0n) is 17.0. The molecule has 0 bridgehead atoms. The first-order chi connectivity index (χ1) is 9.77. The van der Waals surface area contributed by atoms with Gasteiger partial charge in [-0.3, -0.25) is 0 Å². The van der Waals surface area contributed by atoms with Crippen LogP contribution in [0.25, 0.3) is 0 Å². The van der Waals surface area contributed by atoms with Crippen LogP contribution in [0.4, 0.5) is 0 Å². The van der Waals surface area contributed by atoms with Crippen LogP contribution in [0.1, 0.15) is 47.0 Å². The van der Waals surface area contributed by atoms with E-state index in [1.54, 1.807) is 0 Å². The molecular formula is C18H42O2Si2. The van der Waals surface area contributed by atoms with Crippen LogP contribution in [0, 0.1) is 17.3 Å². The van der Waals surface area contributed by atoms with Crippen molar-refractivity contribution in [1.82, 2.24) is 0 Å². The van der Waals surface area contributed by atoms with E-state index in [9.17, 15) is 0 Å². The molecule has 0 aliphatic rings. The third-order valence-corrected chi connectivity index (χ3v) is 6.29. The second-order valence-corrected chi connectivity index (χ2v) is 18.6. The fourth-order valence-electron chi connectivity index (χ4n) is 2.39. The summed E-state index contributed by atoms with van der Waals surface area (Å²) in [7, 11) is -2.99. The molecule has 2 nitrogen and oxygen atoms in total. The lowest BCUT2D eigenvalue weighted by molar-refractivity contribution is 0.0203. The Hall–Kier alpha value is 0.354. The van der Waals surface area contributed by atoms with Crippen LogP contribution in [-0.4, -0.2) is 29.8 Å². The van der Waals surface area contributed by atoms with E-state index in [1.807, 2.05) is 0 Å². The summed E-state index contributed by atoms with van der Waals surface area (Å²) in [6, 6.07) is 0. The Morgan fingerprint density at radius 1 is 0.773 bits per heavy atom. The quantitative estimate of drug-likeness (QED) is 0.417. The van der Waals surface area contributed by atoms with E-state index < -0.39 is 16.6 Å². The van der Waals surface area contributed by atoms with Gasteiger partial charge in [0.25, 0.3) is 0 Å². The predicted octanol–water partition coefficient (Wildman–Crippen LogP) is 6.16. The van der Waals surface area contributed by atoms with E-state index >= 15 is 0 Å². The van der Waals surface area contributed by atoms with Crippen molar-refractivity contribution in [1.29, 1.82) is 0 Å². The second-order valence-electron chi connectivity index (χ2n) is 9.61. The lowest BCUT2D eigenvalue weighted by Gasteiger charge is -2.41. The summed E-state index contributed by atoms with van der Waals surface area (Å²) in [5, 5.41) is 0. The van der Waals surface area contributed by atoms with Gasteiger partial charge >= 0.3 is 0 Å². The molecule has 0 heterocycles. The zero-order valence-corrected chi connectivity index (χ0v) is 19.0. The van der Waals surface area contributed by atoms with Gasteiger partial charge in [0.1, 0.15) is 0 Å². The zero-order chi connectivity index (χ0) is 17.6. The minimum absolute atomic E-state index is 0.176. The summed E-state index contributed by atoms with van der Waals surface area (Å²) < 4.78 is 12.7. The number of hydrogen-bond acceptors (Lipinski definition) is 2. The third-order valence-electron chi connectivity index (χ3n) is 4.27. The van der Waals surface area contributed by atoms with Crippen molar-refractivity contribution in [3.63, 3.8) is 0 Å². The van der Waals surface area contributed by atoms with E-state index in [-0.39, 0.29) is 5.41 Å². The second kappa shape index (κ2) is 9.00. The fraction of sp³-hybridized carbons (Fsp3) is 1.00. The van der Waals surface area contributed by atoms with Crippen molar-refractivity contribution in [3.8, 4) is 0 Å². The van der Waals surface area contributed by atoms with Gasteiger partial charge in [-0.1, -0.05) is 40.5 Å². The molecule has 0 fully saturated rings. The molecule has 0 saturated heterocycles. The predicted molar refractivity (Wildman–Crippen MR) is 105 cm³/mol. The average molecular weight is 347 g/mol. The van der Waals surface area contributed by atoms with Gasteiger partial charge in [0.05, 0.1) is 0 Å². The molecule has 22 heavy (non-hydrogen) atoms. The van der Waals surface area contributed by atoms with Crippen LogP contribution in [0.3, 0.4) is 0 Å². The summed E-state index contributed by atoms with van der Waals surface area (Å²) in [6.45, 7) is 24.7. The smallest absolute Gasteiger partial charge is 0.183 e. The van der Waals surface area contributed by atoms with Gasteiger partial charge in [0, 0.05) is 18.6 Å². The molecule has 4 heteroatoms. The molecule has 0 aromatic heterocycles. The molecule has 0 spiro atoms. The molecule has 0 saturated carbocycles. The maximum absolute atomic E-state index is 6.35. The number of hydrogen-bond donors (Lipinski definition) is 0. The van der Waals surface area contributed by atoms with E-state index in [4.69, 9.17) is 8.85 Å². The Labute approximate surface area is 142 Å². The van der Waals surface area contributed by atoms with Gasteiger partial charge in [0.2, 0.25) is 0 Å². The average Bonchev–Trinajstić information content (AvgIpc) is 2.29. The summed E-state index contributed by atoms with van der Waals surface area (Å²) in [5.41, 5.74) is 0.176. The molecular weight excluding hydrogens is 304 g/mol. The molecule has 0 aliphatic carbocycles. The summed E-state index contributed by atoms with van der Waals surface area (Å²) >= 11 is 0. The van der Waals surface area contributed by atoms with Crippen molar-refractivity contribution in [2.45, 2.75) is 86.2 Å². The SMILES string of the molecule is CC(C)CCCC(CO[Si](C)(C)C)(CO[Si](C)(C)C)C(C)C. The van der Waals surface area contributed by atoms with Crippen molar-refractivity contribution in [2.24, 2.45) is 17.3 Å². The van der Waals surface area contributed by atoms with Crippen LogP contribution in [0.15, 0.2) is 0 Å². The molecule has 0 amide bonds. The molecule has 0 aromatic rings. The summed E-state index contributed by atoms with van der Waals surface area (Å²) in [6.07, 6.45) is 3.80. The van der Waals surface area contributed by atoms with Crippen LogP contribution in [-0.2, 0) is 8.85 Å². The monoisotopic (exact) mass is 346 g/mol. The molecule has 0 radical (unpaired) electrons. The maximum Gasteiger partial charge on any atom is 0.183 e. The van der Waals surface area contributed by atoms with E-state index in [0.29, 0.717) is 5.92 Å². The van der Waals surface area contributed by atoms with E-state index in [2.05, 4.69) is 67.0 Å². The van der Waals surface area contributed by atoms with Gasteiger partial charge in [-0.05, 0) is 57.5 Å². The van der Waals surface area contributed by atoms with E-state index in [1.165, 1.54) is 19.3 Å². The molecule has 0 rings (SSSR count). The molecule has 0 N–H and O–H groups in total. The highest BCUT2D eigenvalue weighted by molar-refractivity contribution is 6.70. The maximum atomic E-state index is 6.35. The molecule has 0 aliphatic heterocycles. The Morgan fingerprint density at radius 3 is 1.45 bits per heavy atom. The first kappa shape index (κ1) is 22.4. The minimum atomic E-state index is -1.49. The third kappa shape index (κ3) is 10.2. The van der Waals surface area contributed by atoms with E-state index in [0.717, 1.165) is 19.1 Å². The van der Waals surface area contributed by atoms with Crippen LogP contribution >= 0.6 is 0 Å². The lowest BCUT2D eigenvalue weighted by Crippen LogP contribution is -2.44. The van der Waals surface area contributed by atoms with Crippen LogP contribution in [0.5, 0.6) is 0 Å². The highest BCUT2D eigenvalue weighted by atomic mass is 28.4. The molecule has 0 aromatic carbocycles. The summed E-state index contributed by atoms with van der Waals surface area (Å²) in [4.78, 5) is 0. The highest BCUT2D eigenvalue weighted by Gasteiger charge is 2.37. The van der Waals surface area contributed by atoms with Gasteiger partial charge in [-0.25, -0.2) is 0 Å². The molecule has 0 unspecified atom stereocenters. The van der Waals surface area contributed by atoms with Gasteiger partial charge in [-0.2, -0.15) is 0 Å². The fourth-order valence-corrected chi connectivity index (χ4v) is 3.83. The number of rotatable bonds is 11. The van der Waals surface area contributed by atoms with Crippen LogP contribution in [0.2, 0.25) is 39.3 Å². The standard InChI is InChI=1S/C18H42O2Si2/c1-16(2)12-11-13-18(17(3)4,14-19-21(5,6)7)15-20-22(8,9)10/h16-17H,11-15H2,1-10H3. The summed E-state index contributed by atoms with van der Waals surface area (Å²) in [5.74, 6) is 1.37. The topological polar surface area (TPSA) is 18.5 Å². The highest BCUT2D eigenvalue weighted by Crippen LogP contribution is 2.36. The van der Waals surface area contributed by atoms with Crippen molar-refractivity contribution in [3.05, 3.63) is 0 Å². The first-order valence-corrected chi connectivity index (χ1v) is 15.9. The molecule has 134 valence electrons. The normalized spacial score (nSPS) is 14.2. The van der Waals surface area contributed by atoms with Crippen molar-refractivity contribution < 1.29 is 8.85 Å². The Balaban J connectivity index is 5.00. The van der Waals surface area contributed by atoms with Gasteiger partial charge < -0.3 is 8.85 Å². The van der Waals surface area contributed by atoms with Gasteiger partial charge in [-0.15, -0.1) is 0 Å². The Kier molecular flexibility index (Phi) is 9.14. The molecule has 0 atom stereocenters. The Bertz CT molecular complexity index is 283. The van der Waals surface area contributed by atoms with Crippen molar-refractivity contribution in [2.75, 3.05) is 13.2 Å². The Morgan fingerprint density at radius 2 is 1.18 bits per heavy atom. The minimum Gasteiger partial charge on any atom is -0.417 e. The first-order valence-electron chi connectivity index (χ1n) is 9.05. The largest absolute Gasteiger partial charge is 0.417 e. The lowest BCUT2D eigenvalue weighted by atomic mass is 9.74. The van der Waals surface area contributed by atoms with Gasteiger partial charge in [0.15, 0.2) is 16.6 Å². The van der Waals surface area contributed by atoms with Crippen molar-refractivity contribution >= 4 is 16.6 Å².